The van der Waals surface area contributed by atoms with Gasteiger partial charge in [0, 0.05) is 37.7 Å². The molecule has 0 spiro atoms. The van der Waals surface area contributed by atoms with Gasteiger partial charge in [-0.15, -0.1) is 24.0 Å². The molecule has 7 heteroatoms. The molecule has 5 nitrogen and oxygen atoms in total. The highest BCUT2D eigenvalue weighted by atomic mass is 127. The highest BCUT2D eigenvalue weighted by molar-refractivity contribution is 14.0. The monoisotopic (exact) mass is 481 g/mol. The highest BCUT2D eigenvalue weighted by Crippen LogP contribution is 2.18. The second-order valence-corrected chi connectivity index (χ2v) is 6.34. The van der Waals surface area contributed by atoms with Crippen molar-refractivity contribution >= 4 is 41.5 Å². The molecule has 1 aliphatic heterocycles. The smallest absolute Gasteiger partial charge is 0.194 e. The molecular weight excluding hydrogens is 453 g/mol. The molecule has 1 atom stereocenters. The number of hydrogen-bond acceptors (Lipinski definition) is 3. The summed E-state index contributed by atoms with van der Waals surface area (Å²) in [4.78, 5) is 7.07. The molecule has 1 fully saturated rings. The van der Waals surface area contributed by atoms with Crippen molar-refractivity contribution in [3.8, 4) is 0 Å². The molecule has 0 aromatic heterocycles. The summed E-state index contributed by atoms with van der Waals surface area (Å²) in [5.74, 6) is 1.50. The molecule has 0 amide bonds. The molecule has 2 rings (SSSR count). The van der Waals surface area contributed by atoms with Gasteiger partial charge in [-0.25, -0.2) is 4.99 Å². The van der Waals surface area contributed by atoms with Crippen LogP contribution in [0.25, 0.3) is 0 Å². The fraction of sp³-hybridized carbons (Fsp3) is 0.611. The molecule has 1 unspecified atom stereocenters. The lowest BCUT2D eigenvalue weighted by atomic mass is 10.1. The second kappa shape index (κ2) is 12.7. The average Bonchev–Trinajstić information content (AvgIpc) is 3.05. The van der Waals surface area contributed by atoms with Crippen LogP contribution in [0, 0.1) is 5.92 Å². The molecule has 1 aliphatic rings. The van der Waals surface area contributed by atoms with Crippen molar-refractivity contribution in [3.05, 3.63) is 34.9 Å². The van der Waals surface area contributed by atoms with Crippen LogP contribution in [0.15, 0.2) is 29.3 Å². The van der Waals surface area contributed by atoms with Crippen LogP contribution in [-0.2, 0) is 16.0 Å². The molecule has 1 aromatic carbocycles. The van der Waals surface area contributed by atoms with Gasteiger partial charge in [0.1, 0.15) is 0 Å². The number of hydrogen-bond donors (Lipinski definition) is 1. The van der Waals surface area contributed by atoms with Gasteiger partial charge in [0.05, 0.1) is 26.4 Å². The Morgan fingerprint density at radius 2 is 2.16 bits per heavy atom. The number of methoxy groups -OCH3 is 1. The van der Waals surface area contributed by atoms with E-state index in [9.17, 15) is 0 Å². The third-order valence-electron chi connectivity index (χ3n) is 4.06. The number of nitrogens with zero attached hydrogens (tertiary/aromatic N) is 2. The van der Waals surface area contributed by atoms with E-state index in [1.807, 2.05) is 24.3 Å². The predicted molar refractivity (Wildman–Crippen MR) is 114 cm³/mol. The lowest BCUT2D eigenvalue weighted by Gasteiger charge is -2.21. The molecule has 1 aromatic rings. The van der Waals surface area contributed by atoms with Gasteiger partial charge in [-0.3, -0.25) is 0 Å². The Labute approximate surface area is 173 Å². The Kier molecular flexibility index (Phi) is 11.4. The highest BCUT2D eigenvalue weighted by Gasteiger charge is 2.24. The first-order valence-corrected chi connectivity index (χ1v) is 8.95. The molecule has 25 heavy (non-hydrogen) atoms. The Bertz CT molecular complexity index is 531. The van der Waals surface area contributed by atoms with Crippen molar-refractivity contribution in [2.75, 3.05) is 46.6 Å². The maximum atomic E-state index is 6.22. The van der Waals surface area contributed by atoms with Gasteiger partial charge < -0.3 is 19.7 Å². The van der Waals surface area contributed by atoms with Gasteiger partial charge in [-0.05, 0) is 25.0 Å². The lowest BCUT2D eigenvalue weighted by molar-refractivity contribution is 0.0536. The second-order valence-electron chi connectivity index (χ2n) is 5.93. The maximum Gasteiger partial charge on any atom is 0.194 e. The standard InChI is InChI=1S/C18H28ClN3O2.HI/c1-3-20-18(21-12-16-6-4-5-7-17(16)19)22-9-8-15(13-22)14-24-11-10-23-2;/h4-7,15H,3,8-14H2,1-2H3,(H,20,21);1H. The number of benzene rings is 1. The summed E-state index contributed by atoms with van der Waals surface area (Å²) in [6.45, 7) is 7.61. The summed E-state index contributed by atoms with van der Waals surface area (Å²) >= 11 is 6.22. The fourth-order valence-corrected chi connectivity index (χ4v) is 2.96. The van der Waals surface area contributed by atoms with Crippen molar-refractivity contribution in [3.63, 3.8) is 0 Å². The van der Waals surface area contributed by atoms with Crippen LogP contribution >= 0.6 is 35.6 Å². The Hall–Kier alpha value is -0.570. The van der Waals surface area contributed by atoms with E-state index >= 15 is 0 Å². The Morgan fingerprint density at radius 1 is 1.36 bits per heavy atom. The van der Waals surface area contributed by atoms with Gasteiger partial charge >= 0.3 is 0 Å². The van der Waals surface area contributed by atoms with E-state index in [0.717, 1.165) is 49.2 Å². The number of nitrogens with one attached hydrogen (secondary N) is 1. The fourth-order valence-electron chi connectivity index (χ4n) is 2.77. The van der Waals surface area contributed by atoms with E-state index in [4.69, 9.17) is 26.1 Å². The lowest BCUT2D eigenvalue weighted by Crippen LogP contribution is -2.40. The number of ether oxygens (including phenoxy) is 2. The van der Waals surface area contributed by atoms with Crippen LogP contribution in [0.1, 0.15) is 18.9 Å². The molecule has 0 bridgehead atoms. The zero-order chi connectivity index (χ0) is 17.2. The van der Waals surface area contributed by atoms with E-state index in [2.05, 4.69) is 17.1 Å². The van der Waals surface area contributed by atoms with Crippen molar-refractivity contribution < 1.29 is 9.47 Å². The van der Waals surface area contributed by atoms with Crippen LogP contribution in [0.2, 0.25) is 5.02 Å². The molecule has 1 heterocycles. The minimum Gasteiger partial charge on any atom is -0.382 e. The van der Waals surface area contributed by atoms with E-state index in [0.29, 0.717) is 25.7 Å². The summed E-state index contributed by atoms with van der Waals surface area (Å²) < 4.78 is 10.7. The van der Waals surface area contributed by atoms with Gasteiger partial charge in [0.2, 0.25) is 0 Å². The van der Waals surface area contributed by atoms with Gasteiger partial charge in [-0.2, -0.15) is 0 Å². The van der Waals surface area contributed by atoms with Crippen molar-refractivity contribution in [1.29, 1.82) is 0 Å². The summed E-state index contributed by atoms with van der Waals surface area (Å²) in [5, 5.41) is 4.15. The minimum atomic E-state index is 0. The summed E-state index contributed by atoms with van der Waals surface area (Å²) in [6.07, 6.45) is 1.13. The number of likely N-dealkylation sites (tertiary alicyclic amines) is 1. The molecule has 1 N–H and O–H groups in total. The summed E-state index contributed by atoms with van der Waals surface area (Å²) in [7, 11) is 1.69. The third-order valence-corrected chi connectivity index (χ3v) is 4.43. The Balaban J connectivity index is 0.00000312. The predicted octanol–water partition coefficient (Wildman–Crippen LogP) is 3.41. The number of halogens is 2. The van der Waals surface area contributed by atoms with E-state index < -0.39 is 0 Å². The molecule has 0 aliphatic carbocycles. The van der Waals surface area contributed by atoms with E-state index in [1.54, 1.807) is 7.11 Å². The van der Waals surface area contributed by atoms with Crippen LogP contribution in [-0.4, -0.2) is 57.4 Å². The zero-order valence-corrected chi connectivity index (χ0v) is 18.1. The number of rotatable bonds is 8. The van der Waals surface area contributed by atoms with E-state index in [-0.39, 0.29) is 24.0 Å². The van der Waals surface area contributed by atoms with Crippen molar-refractivity contribution in [1.82, 2.24) is 10.2 Å². The van der Waals surface area contributed by atoms with Gasteiger partial charge in [0.25, 0.3) is 0 Å². The van der Waals surface area contributed by atoms with Gasteiger partial charge in [-0.1, -0.05) is 29.8 Å². The molecule has 142 valence electrons. The quantitative estimate of drug-likeness (QED) is 0.268. The Morgan fingerprint density at radius 3 is 2.88 bits per heavy atom. The summed E-state index contributed by atoms with van der Waals surface area (Å²) in [5.41, 5.74) is 1.05. The van der Waals surface area contributed by atoms with Crippen molar-refractivity contribution in [2.45, 2.75) is 19.9 Å². The first-order chi connectivity index (χ1) is 11.7. The van der Waals surface area contributed by atoms with Crippen LogP contribution in [0.4, 0.5) is 0 Å². The average molecular weight is 482 g/mol. The summed E-state index contributed by atoms with van der Waals surface area (Å²) in [6, 6.07) is 7.86. The molecular formula is C18H29ClIN3O2. The van der Waals surface area contributed by atoms with Gasteiger partial charge in [0.15, 0.2) is 5.96 Å². The van der Waals surface area contributed by atoms with Crippen molar-refractivity contribution in [2.24, 2.45) is 10.9 Å². The SMILES string of the molecule is CCNC(=NCc1ccccc1Cl)N1CCC(COCCOC)C1.I. The van der Waals surface area contributed by atoms with E-state index in [1.165, 1.54) is 0 Å². The normalized spacial score (nSPS) is 17.5. The maximum absolute atomic E-state index is 6.22. The third kappa shape index (κ3) is 7.68. The number of guanidine groups is 1. The first kappa shape index (κ1) is 22.5. The number of aliphatic imine (C=N–C) groups is 1. The molecule has 0 radical (unpaired) electrons. The zero-order valence-electron chi connectivity index (χ0n) is 15.0. The van der Waals surface area contributed by atoms with Crippen LogP contribution < -0.4 is 5.32 Å². The largest absolute Gasteiger partial charge is 0.382 e. The molecule has 0 saturated carbocycles. The molecule has 1 saturated heterocycles. The van der Waals surface area contributed by atoms with Crippen LogP contribution in [0.5, 0.6) is 0 Å². The minimum absolute atomic E-state index is 0. The topological polar surface area (TPSA) is 46.1 Å². The first-order valence-electron chi connectivity index (χ1n) is 8.58. The van der Waals surface area contributed by atoms with Crippen LogP contribution in [0.3, 0.4) is 0 Å².